The second-order valence-corrected chi connectivity index (χ2v) is 3.09. The van der Waals surface area contributed by atoms with E-state index in [9.17, 15) is 4.79 Å². The lowest BCUT2D eigenvalue weighted by Gasteiger charge is -1.99. The van der Waals surface area contributed by atoms with Crippen LogP contribution < -0.4 is 0 Å². The van der Waals surface area contributed by atoms with Crippen molar-refractivity contribution >= 4 is 16.7 Å². The van der Waals surface area contributed by atoms with Crippen molar-refractivity contribution < 1.29 is 4.79 Å². The largest absolute Gasteiger partial charge is 0.294 e. The molecule has 2 heteroatoms. The van der Waals surface area contributed by atoms with Gasteiger partial charge >= 0.3 is 0 Å². The van der Waals surface area contributed by atoms with Gasteiger partial charge < -0.3 is 0 Å². The molecule has 0 amide bonds. The zero-order chi connectivity index (χ0) is 9.97. The third kappa shape index (κ3) is 1.51. The monoisotopic (exact) mass is 184 g/mol. The summed E-state index contributed by atoms with van der Waals surface area (Å²) in [6.45, 7) is 3.56. The first-order chi connectivity index (χ1) is 6.81. The van der Waals surface area contributed by atoms with Crippen LogP contribution in [0.15, 0.2) is 36.5 Å². The number of carbonyl (C=O) groups excluding carboxylic acids is 1. The van der Waals surface area contributed by atoms with Gasteiger partial charge in [0.25, 0.3) is 0 Å². The van der Waals surface area contributed by atoms with Gasteiger partial charge in [-0.3, -0.25) is 9.78 Å². The van der Waals surface area contributed by atoms with E-state index < -0.39 is 0 Å². The predicted molar refractivity (Wildman–Crippen MR) is 56.0 cm³/mol. The second-order valence-electron chi connectivity index (χ2n) is 3.09. The van der Waals surface area contributed by atoms with E-state index in [0.29, 0.717) is 5.56 Å². The van der Waals surface area contributed by atoms with E-state index in [-0.39, 0.29) is 12.2 Å². The summed E-state index contributed by atoms with van der Waals surface area (Å²) < 4.78 is 0. The van der Waals surface area contributed by atoms with Gasteiger partial charge in [-0.1, -0.05) is 18.2 Å². The van der Waals surface area contributed by atoms with E-state index >= 15 is 0 Å². The summed E-state index contributed by atoms with van der Waals surface area (Å²) in [4.78, 5) is 15.6. The van der Waals surface area contributed by atoms with Crippen LogP contribution in [0, 0.1) is 6.92 Å². The molecule has 0 unspecified atom stereocenters. The highest BCUT2D eigenvalue weighted by molar-refractivity contribution is 5.98. The Hall–Kier alpha value is -1.70. The van der Waals surface area contributed by atoms with Gasteiger partial charge in [-0.05, 0) is 19.1 Å². The van der Waals surface area contributed by atoms with Crippen LogP contribution in [0.4, 0.5) is 0 Å². The molecular formula is C12H10NO. The number of nitrogens with zero attached hydrogens (tertiary/aromatic N) is 1. The number of pyridine rings is 1. The van der Waals surface area contributed by atoms with E-state index in [1.165, 1.54) is 0 Å². The number of hydrogen-bond acceptors (Lipinski definition) is 2. The van der Waals surface area contributed by atoms with Gasteiger partial charge in [0.2, 0.25) is 0 Å². The van der Waals surface area contributed by atoms with Crippen molar-refractivity contribution in [2.75, 3.05) is 0 Å². The van der Waals surface area contributed by atoms with E-state index in [0.717, 1.165) is 10.9 Å². The van der Waals surface area contributed by atoms with Crippen LogP contribution in [-0.2, 0) is 0 Å². The molecular weight excluding hydrogens is 174 g/mol. The van der Waals surface area contributed by atoms with E-state index in [2.05, 4.69) is 11.9 Å². The molecule has 0 aliphatic rings. The SMILES string of the molecule is [CH2]CC(=O)c1cnc2ccccc2c1. The maximum atomic E-state index is 11.4. The number of Topliss-reactive ketones (excluding diaryl/α,β-unsaturated/α-hetero) is 1. The topological polar surface area (TPSA) is 30.0 Å². The van der Waals surface area contributed by atoms with Crippen LogP contribution in [0.1, 0.15) is 16.8 Å². The quantitative estimate of drug-likeness (QED) is 0.671. The van der Waals surface area contributed by atoms with Crippen LogP contribution in [-0.4, -0.2) is 10.8 Å². The summed E-state index contributed by atoms with van der Waals surface area (Å²) in [6, 6.07) is 9.59. The number of carbonyl (C=O) groups is 1. The number of aromatic nitrogens is 1. The fourth-order valence-corrected chi connectivity index (χ4v) is 1.37. The minimum atomic E-state index is 0.0308. The molecule has 14 heavy (non-hydrogen) atoms. The first-order valence-corrected chi connectivity index (χ1v) is 4.48. The molecule has 1 aromatic heterocycles. The van der Waals surface area contributed by atoms with Crippen LogP contribution in [0.2, 0.25) is 0 Å². The molecule has 2 aromatic rings. The smallest absolute Gasteiger partial charge is 0.164 e. The van der Waals surface area contributed by atoms with E-state index in [1.54, 1.807) is 6.20 Å². The summed E-state index contributed by atoms with van der Waals surface area (Å²) in [5.74, 6) is 0.0308. The zero-order valence-corrected chi connectivity index (χ0v) is 7.73. The lowest BCUT2D eigenvalue weighted by Crippen LogP contribution is -1.97. The van der Waals surface area contributed by atoms with E-state index in [1.807, 2.05) is 30.3 Å². The average Bonchev–Trinajstić information content (AvgIpc) is 2.27. The van der Waals surface area contributed by atoms with Gasteiger partial charge in [0.15, 0.2) is 5.78 Å². The summed E-state index contributed by atoms with van der Waals surface area (Å²) in [5.41, 5.74) is 1.55. The Kier molecular flexibility index (Phi) is 2.27. The molecule has 69 valence electrons. The molecule has 2 rings (SSSR count). The Morgan fingerprint density at radius 2 is 2.14 bits per heavy atom. The lowest BCUT2D eigenvalue weighted by atomic mass is 10.1. The van der Waals surface area contributed by atoms with Gasteiger partial charge in [0, 0.05) is 23.6 Å². The molecule has 0 N–H and O–H groups in total. The summed E-state index contributed by atoms with van der Waals surface area (Å²) in [6.07, 6.45) is 1.88. The Balaban J connectivity index is 2.56. The highest BCUT2D eigenvalue weighted by Gasteiger charge is 2.03. The molecule has 0 spiro atoms. The number of benzene rings is 1. The van der Waals surface area contributed by atoms with Crippen LogP contribution >= 0.6 is 0 Å². The van der Waals surface area contributed by atoms with Gasteiger partial charge in [-0.15, -0.1) is 0 Å². The number of para-hydroxylation sites is 1. The van der Waals surface area contributed by atoms with E-state index in [4.69, 9.17) is 0 Å². The number of rotatable bonds is 2. The van der Waals surface area contributed by atoms with Crippen molar-refractivity contribution in [2.45, 2.75) is 6.42 Å². The van der Waals surface area contributed by atoms with Crippen LogP contribution in [0.5, 0.6) is 0 Å². The number of ketones is 1. The Labute approximate surface area is 82.6 Å². The fourth-order valence-electron chi connectivity index (χ4n) is 1.37. The minimum Gasteiger partial charge on any atom is -0.294 e. The maximum Gasteiger partial charge on any atom is 0.164 e. The fraction of sp³-hybridized carbons (Fsp3) is 0.0833. The normalized spacial score (nSPS) is 10.4. The second kappa shape index (κ2) is 3.58. The standard InChI is InChI=1S/C12H10NO/c1-2-12(14)10-7-9-5-3-4-6-11(9)13-8-10/h3-8H,1-2H2. The van der Waals surface area contributed by atoms with Crippen molar-refractivity contribution in [3.8, 4) is 0 Å². The van der Waals surface area contributed by atoms with Crippen molar-refractivity contribution in [2.24, 2.45) is 0 Å². The van der Waals surface area contributed by atoms with Crippen molar-refractivity contribution in [3.63, 3.8) is 0 Å². The first kappa shape index (κ1) is 8.88. The predicted octanol–water partition coefficient (Wildman–Crippen LogP) is 2.64. The van der Waals surface area contributed by atoms with Crippen molar-refractivity contribution in [1.82, 2.24) is 4.98 Å². The maximum absolute atomic E-state index is 11.4. The molecule has 0 bridgehead atoms. The third-order valence-corrected chi connectivity index (χ3v) is 2.14. The van der Waals surface area contributed by atoms with Crippen molar-refractivity contribution in [3.05, 3.63) is 49.0 Å². The Morgan fingerprint density at radius 3 is 2.93 bits per heavy atom. The minimum absolute atomic E-state index is 0.0308. The van der Waals surface area contributed by atoms with Gasteiger partial charge in [0.1, 0.15) is 0 Å². The van der Waals surface area contributed by atoms with Crippen LogP contribution in [0.3, 0.4) is 0 Å². The number of hydrogen-bond donors (Lipinski definition) is 0. The van der Waals surface area contributed by atoms with Gasteiger partial charge in [-0.25, -0.2) is 0 Å². The molecule has 0 atom stereocenters. The molecule has 2 nitrogen and oxygen atoms in total. The third-order valence-electron chi connectivity index (χ3n) is 2.14. The molecule has 1 heterocycles. The Morgan fingerprint density at radius 1 is 1.36 bits per heavy atom. The molecule has 0 saturated heterocycles. The molecule has 1 radical (unpaired) electrons. The van der Waals surface area contributed by atoms with Gasteiger partial charge in [-0.2, -0.15) is 0 Å². The Bertz CT molecular complexity index is 476. The summed E-state index contributed by atoms with van der Waals surface area (Å²) >= 11 is 0. The first-order valence-electron chi connectivity index (χ1n) is 4.48. The molecule has 0 aliphatic carbocycles. The summed E-state index contributed by atoms with van der Waals surface area (Å²) in [7, 11) is 0. The highest BCUT2D eigenvalue weighted by Crippen LogP contribution is 2.13. The lowest BCUT2D eigenvalue weighted by molar-refractivity contribution is 0.0995. The van der Waals surface area contributed by atoms with Crippen molar-refractivity contribution in [1.29, 1.82) is 0 Å². The highest BCUT2D eigenvalue weighted by atomic mass is 16.1. The van der Waals surface area contributed by atoms with Gasteiger partial charge in [0.05, 0.1) is 5.52 Å². The zero-order valence-electron chi connectivity index (χ0n) is 7.73. The molecule has 0 saturated carbocycles. The molecule has 1 aromatic carbocycles. The average molecular weight is 184 g/mol. The number of fused-ring (bicyclic) bond motifs is 1. The summed E-state index contributed by atoms with van der Waals surface area (Å²) in [5, 5.41) is 0.992. The molecule has 0 fully saturated rings. The molecule has 0 aliphatic heterocycles. The van der Waals surface area contributed by atoms with Crippen LogP contribution in [0.25, 0.3) is 10.9 Å².